The Kier molecular flexibility index (Phi) is 5.98. The first kappa shape index (κ1) is 21.8. The minimum Gasteiger partial charge on any atom is -0.337 e. The van der Waals surface area contributed by atoms with Crippen molar-refractivity contribution in [3.63, 3.8) is 0 Å². The van der Waals surface area contributed by atoms with Crippen LogP contribution in [0.25, 0.3) is 11.1 Å². The molecule has 0 N–H and O–H groups in total. The highest BCUT2D eigenvalue weighted by atomic mass is 35.5. The van der Waals surface area contributed by atoms with Crippen LogP contribution in [0.2, 0.25) is 4.47 Å². The van der Waals surface area contributed by atoms with Gasteiger partial charge >= 0.3 is 0 Å². The molecule has 5 nitrogen and oxygen atoms in total. The first-order valence-corrected chi connectivity index (χ1v) is 13.4. The molecule has 32 heavy (non-hydrogen) atoms. The Morgan fingerprint density at radius 2 is 2.16 bits per heavy atom. The third kappa shape index (κ3) is 3.94. The maximum absolute atomic E-state index is 13.7. The van der Waals surface area contributed by atoms with E-state index in [2.05, 4.69) is 15.6 Å². The monoisotopic (exact) mass is 523 g/mol. The fourth-order valence-corrected chi connectivity index (χ4v) is 7.81. The van der Waals surface area contributed by atoms with Crippen LogP contribution in [0.3, 0.4) is 0 Å². The van der Waals surface area contributed by atoms with Crippen LogP contribution < -0.4 is 24.2 Å². The Hall–Kier alpha value is -1.98. The van der Waals surface area contributed by atoms with Crippen LogP contribution in [0.1, 0.15) is 16.8 Å². The van der Waals surface area contributed by atoms with Crippen molar-refractivity contribution in [1.82, 2.24) is 9.55 Å². The summed E-state index contributed by atoms with van der Waals surface area (Å²) >= 11 is 12.0. The van der Waals surface area contributed by atoms with Gasteiger partial charge in [-0.1, -0.05) is 34.7 Å². The molecule has 0 radical (unpaired) electrons. The first-order chi connectivity index (χ1) is 15.4. The van der Waals surface area contributed by atoms with E-state index in [4.69, 9.17) is 11.6 Å². The van der Waals surface area contributed by atoms with E-state index in [-0.39, 0.29) is 11.4 Å². The lowest BCUT2D eigenvalue weighted by molar-refractivity contribution is -0.684. The van der Waals surface area contributed by atoms with Crippen molar-refractivity contribution in [3.05, 3.63) is 75.7 Å². The molecule has 0 atom stereocenters. The van der Waals surface area contributed by atoms with Crippen LogP contribution in [0.4, 0.5) is 10.1 Å². The molecule has 5 rings (SSSR count). The lowest BCUT2D eigenvalue weighted by atomic mass is 10.3. The van der Waals surface area contributed by atoms with E-state index >= 15 is 0 Å². The van der Waals surface area contributed by atoms with Crippen LogP contribution in [-0.2, 0) is 13.1 Å². The minimum absolute atomic E-state index is 0.0243. The molecule has 3 aromatic heterocycles. The number of thioether (sulfide) groups is 1. The number of halogens is 2. The van der Waals surface area contributed by atoms with Gasteiger partial charge in [-0.05, 0) is 25.1 Å². The fourth-order valence-electron chi connectivity index (χ4n) is 3.49. The van der Waals surface area contributed by atoms with Crippen molar-refractivity contribution >= 4 is 74.2 Å². The summed E-state index contributed by atoms with van der Waals surface area (Å²) in [6, 6.07) is 4.72. The van der Waals surface area contributed by atoms with Gasteiger partial charge < -0.3 is 4.90 Å². The van der Waals surface area contributed by atoms with Gasteiger partial charge in [0.1, 0.15) is 20.0 Å². The van der Waals surface area contributed by atoms with Crippen LogP contribution >= 0.6 is 57.4 Å². The molecule has 1 aliphatic heterocycles. The number of thiazole rings is 3. The van der Waals surface area contributed by atoms with E-state index in [0.717, 1.165) is 30.2 Å². The average Bonchev–Trinajstić information content (AvgIpc) is 3.51. The number of benzene rings is 1. The zero-order chi connectivity index (χ0) is 22.4. The fraction of sp³-hybridized carbons (Fsp3) is 0.190. The summed E-state index contributed by atoms with van der Waals surface area (Å²) in [5.74, 6) is -0.276. The molecular formula is C21H17ClFN4OS4+. The summed E-state index contributed by atoms with van der Waals surface area (Å²) in [4.78, 5) is 21.2. The van der Waals surface area contributed by atoms with Gasteiger partial charge in [-0.3, -0.25) is 9.36 Å². The molecule has 1 aromatic carbocycles. The number of rotatable bonds is 4. The van der Waals surface area contributed by atoms with Crippen molar-refractivity contribution in [3.8, 4) is 0 Å². The highest BCUT2D eigenvalue weighted by molar-refractivity contribution is 8.08. The van der Waals surface area contributed by atoms with Gasteiger partial charge in [-0.25, -0.2) is 9.37 Å². The predicted octanol–water partition coefficient (Wildman–Crippen LogP) is 3.71. The van der Waals surface area contributed by atoms with Gasteiger partial charge in [0.15, 0.2) is 17.2 Å². The first-order valence-electron chi connectivity index (χ1n) is 9.68. The quantitative estimate of drug-likeness (QED) is 0.382. The third-order valence-electron chi connectivity index (χ3n) is 5.03. The zero-order valence-electron chi connectivity index (χ0n) is 17.0. The molecule has 0 aliphatic carbocycles. The summed E-state index contributed by atoms with van der Waals surface area (Å²) in [6.45, 7) is 3.21. The summed E-state index contributed by atoms with van der Waals surface area (Å²) in [7, 11) is 1.92. The molecule has 0 saturated heterocycles. The van der Waals surface area contributed by atoms with Crippen molar-refractivity contribution in [1.29, 1.82) is 0 Å². The molecule has 0 spiro atoms. The van der Waals surface area contributed by atoms with Gasteiger partial charge in [0.05, 0.1) is 22.0 Å². The third-order valence-corrected chi connectivity index (χ3v) is 9.45. The second-order valence-electron chi connectivity index (χ2n) is 6.99. The lowest BCUT2D eigenvalue weighted by Gasteiger charge is -2.12. The van der Waals surface area contributed by atoms with Crippen LogP contribution in [-0.4, -0.2) is 16.6 Å². The molecule has 11 heteroatoms. The number of aromatic nitrogens is 3. The van der Waals surface area contributed by atoms with Gasteiger partial charge in [-0.2, -0.15) is 4.57 Å². The van der Waals surface area contributed by atoms with Crippen molar-refractivity contribution < 1.29 is 8.96 Å². The SMILES string of the molecule is CCn1c(=O)/c(=C2\Sc3cc(F)ccc3N2C)s/c1=C\c1scc[n+]1Cc1cnc(Cl)s1. The van der Waals surface area contributed by atoms with E-state index in [9.17, 15) is 9.18 Å². The topological polar surface area (TPSA) is 42.0 Å². The van der Waals surface area contributed by atoms with E-state index in [1.807, 2.05) is 30.4 Å². The number of nitrogens with zero attached hydrogens (tertiary/aromatic N) is 4. The van der Waals surface area contributed by atoms with Gasteiger partial charge in [0, 0.05) is 24.7 Å². The Labute approximate surface area is 204 Å². The highest BCUT2D eigenvalue weighted by Crippen LogP contribution is 2.45. The summed E-state index contributed by atoms with van der Waals surface area (Å²) in [5.41, 5.74) is 0.885. The maximum Gasteiger partial charge on any atom is 0.271 e. The highest BCUT2D eigenvalue weighted by Gasteiger charge is 2.25. The Morgan fingerprint density at radius 3 is 2.91 bits per heavy atom. The zero-order valence-corrected chi connectivity index (χ0v) is 21.1. The molecule has 0 saturated carbocycles. The molecule has 4 aromatic rings. The maximum atomic E-state index is 13.7. The molecule has 164 valence electrons. The lowest BCUT2D eigenvalue weighted by Crippen LogP contribution is -2.36. The smallest absolute Gasteiger partial charge is 0.271 e. The molecule has 0 amide bonds. The van der Waals surface area contributed by atoms with Gasteiger partial charge in [0.25, 0.3) is 10.6 Å². The molecule has 4 heterocycles. The van der Waals surface area contributed by atoms with Crippen molar-refractivity contribution in [2.45, 2.75) is 24.9 Å². The Balaban J connectivity index is 1.61. The van der Waals surface area contributed by atoms with E-state index < -0.39 is 0 Å². The molecule has 1 aliphatic rings. The van der Waals surface area contributed by atoms with Crippen LogP contribution in [0, 0.1) is 5.82 Å². The Morgan fingerprint density at radius 1 is 1.31 bits per heavy atom. The van der Waals surface area contributed by atoms with Gasteiger partial charge in [0.2, 0.25) is 0 Å². The minimum atomic E-state index is -0.276. The van der Waals surface area contributed by atoms with E-state index in [0.29, 0.717) is 22.1 Å². The molecular weight excluding hydrogens is 507 g/mol. The normalized spacial score (nSPS) is 15.6. The number of anilines is 1. The number of fused-ring (bicyclic) bond motifs is 1. The largest absolute Gasteiger partial charge is 0.337 e. The van der Waals surface area contributed by atoms with Crippen molar-refractivity contribution in [2.75, 3.05) is 11.9 Å². The molecule has 0 bridgehead atoms. The second-order valence-corrected chi connectivity index (χ2v) is 11.7. The summed E-state index contributed by atoms with van der Waals surface area (Å²) in [5, 5.41) is 3.89. The number of hydrogen-bond acceptors (Lipinski definition) is 7. The predicted molar refractivity (Wildman–Crippen MR) is 132 cm³/mol. The summed E-state index contributed by atoms with van der Waals surface area (Å²) < 4.78 is 19.7. The standard InChI is InChI=1S/C21H17ClFN4OS4/c1-3-27-17(9-16-26(6-7-29-16)11-13-10-24-21(22)30-13)32-18(19(27)28)20-25(2)14-5-4-12(23)8-15(14)31-20/h4-10H,3,11H2,1-2H3/q+1/b20-18+. The van der Waals surface area contributed by atoms with Crippen LogP contribution in [0.5, 0.6) is 0 Å². The molecule has 0 fully saturated rings. The van der Waals surface area contributed by atoms with E-state index in [1.165, 1.54) is 46.6 Å². The van der Waals surface area contributed by atoms with Crippen LogP contribution in [0.15, 0.2) is 45.7 Å². The summed E-state index contributed by atoms with van der Waals surface area (Å²) in [6.07, 6.45) is 5.86. The Bertz CT molecular complexity index is 1500. The van der Waals surface area contributed by atoms with Gasteiger partial charge in [-0.15, -0.1) is 22.7 Å². The van der Waals surface area contributed by atoms with Crippen molar-refractivity contribution in [2.24, 2.45) is 0 Å². The second kappa shape index (κ2) is 8.75. The average molecular weight is 524 g/mol. The number of hydrogen-bond donors (Lipinski definition) is 0. The molecule has 0 unspecified atom stereocenters. The van der Waals surface area contributed by atoms with E-state index in [1.54, 1.807) is 28.2 Å².